The summed E-state index contributed by atoms with van der Waals surface area (Å²) in [6.45, 7) is 2.33. The third-order valence-corrected chi connectivity index (χ3v) is 5.38. The lowest BCUT2D eigenvalue weighted by atomic mass is 9.92. The molecule has 0 aliphatic carbocycles. The van der Waals surface area contributed by atoms with Gasteiger partial charge in [-0.05, 0) is 37.0 Å². The van der Waals surface area contributed by atoms with Crippen LogP contribution in [0.1, 0.15) is 29.0 Å². The number of hydrogen-bond donors (Lipinski definition) is 1. The van der Waals surface area contributed by atoms with Gasteiger partial charge in [0.15, 0.2) is 0 Å². The average Bonchev–Trinajstić information content (AvgIpc) is 2.88. The first-order valence-corrected chi connectivity index (χ1v) is 8.06. The topological polar surface area (TPSA) is 20.2 Å². The van der Waals surface area contributed by atoms with Gasteiger partial charge < -0.3 is 5.11 Å². The minimum atomic E-state index is 0.233. The van der Waals surface area contributed by atoms with Crippen molar-refractivity contribution in [3.05, 3.63) is 65.2 Å². The number of rotatable bonds is 4. The molecule has 1 aliphatic heterocycles. The Kier molecular flexibility index (Phi) is 4.13. The molecule has 2 aromatic rings. The molecule has 1 N–H and O–H groups in total. The van der Waals surface area contributed by atoms with Crippen molar-refractivity contribution in [3.8, 4) is 0 Å². The van der Waals surface area contributed by atoms with Crippen molar-refractivity contribution in [1.82, 2.24) is 0 Å². The zero-order valence-electron chi connectivity index (χ0n) is 11.8. The quantitative estimate of drug-likeness (QED) is 0.909. The molecule has 1 heterocycles. The van der Waals surface area contributed by atoms with Gasteiger partial charge in [0.05, 0.1) is 0 Å². The lowest BCUT2D eigenvalue weighted by Crippen LogP contribution is -2.12. The standard InChI is InChI=1S/C18H20OS/c1-13-6-8-14(9-7-13)16(12-19)11-17-10-15-4-2-3-5-18(15)20-17/h2-9,16-17,19H,10-12H2,1H3. The Morgan fingerprint density at radius 2 is 1.90 bits per heavy atom. The lowest BCUT2D eigenvalue weighted by molar-refractivity contribution is 0.258. The van der Waals surface area contributed by atoms with Crippen LogP contribution >= 0.6 is 11.8 Å². The Morgan fingerprint density at radius 3 is 2.60 bits per heavy atom. The molecule has 0 bridgehead atoms. The van der Waals surface area contributed by atoms with E-state index in [0.29, 0.717) is 5.25 Å². The SMILES string of the molecule is Cc1ccc(C(CO)CC2Cc3ccccc3S2)cc1. The number of benzene rings is 2. The van der Waals surface area contributed by atoms with Crippen LogP contribution in [0.25, 0.3) is 0 Å². The maximum atomic E-state index is 9.72. The van der Waals surface area contributed by atoms with E-state index in [2.05, 4.69) is 55.5 Å². The molecule has 2 heteroatoms. The van der Waals surface area contributed by atoms with E-state index >= 15 is 0 Å². The van der Waals surface area contributed by atoms with Crippen molar-refractivity contribution in [2.24, 2.45) is 0 Å². The second-order valence-electron chi connectivity index (χ2n) is 5.58. The van der Waals surface area contributed by atoms with Gasteiger partial charge in [-0.2, -0.15) is 0 Å². The highest BCUT2D eigenvalue weighted by Gasteiger charge is 2.25. The molecule has 1 nitrogen and oxygen atoms in total. The Balaban J connectivity index is 1.69. The van der Waals surface area contributed by atoms with E-state index in [-0.39, 0.29) is 12.5 Å². The number of hydrogen-bond acceptors (Lipinski definition) is 2. The Hall–Kier alpha value is -1.25. The molecule has 3 rings (SSSR count). The maximum Gasteiger partial charge on any atom is 0.0500 e. The van der Waals surface area contributed by atoms with E-state index < -0.39 is 0 Å². The van der Waals surface area contributed by atoms with Gasteiger partial charge in [-0.1, -0.05) is 48.0 Å². The third kappa shape index (κ3) is 2.92. The highest BCUT2D eigenvalue weighted by atomic mass is 32.2. The van der Waals surface area contributed by atoms with E-state index in [1.807, 2.05) is 11.8 Å². The van der Waals surface area contributed by atoms with Crippen LogP contribution in [-0.2, 0) is 6.42 Å². The molecule has 0 fully saturated rings. The Labute approximate surface area is 125 Å². The van der Waals surface area contributed by atoms with Crippen LogP contribution in [0.2, 0.25) is 0 Å². The van der Waals surface area contributed by atoms with Crippen molar-refractivity contribution >= 4 is 11.8 Å². The second kappa shape index (κ2) is 6.02. The number of aliphatic hydroxyl groups is 1. The van der Waals surface area contributed by atoms with E-state index in [0.717, 1.165) is 12.8 Å². The zero-order valence-corrected chi connectivity index (χ0v) is 12.6. The van der Waals surface area contributed by atoms with Crippen LogP contribution in [-0.4, -0.2) is 17.0 Å². The number of aryl methyl sites for hydroxylation is 1. The molecule has 0 radical (unpaired) electrons. The van der Waals surface area contributed by atoms with E-state index in [1.165, 1.54) is 21.6 Å². The molecule has 0 saturated carbocycles. The first kappa shape index (κ1) is 13.7. The smallest absolute Gasteiger partial charge is 0.0500 e. The number of thioether (sulfide) groups is 1. The van der Waals surface area contributed by atoms with E-state index in [1.54, 1.807) is 0 Å². The predicted molar refractivity (Wildman–Crippen MR) is 85.4 cm³/mol. The summed E-state index contributed by atoms with van der Waals surface area (Å²) in [6.07, 6.45) is 2.17. The van der Waals surface area contributed by atoms with Gasteiger partial charge in [0.2, 0.25) is 0 Å². The summed E-state index contributed by atoms with van der Waals surface area (Å²) in [4.78, 5) is 1.41. The molecule has 2 unspecified atom stereocenters. The van der Waals surface area contributed by atoms with Gasteiger partial charge in [-0.3, -0.25) is 0 Å². The van der Waals surface area contributed by atoms with E-state index in [9.17, 15) is 5.11 Å². The molecule has 0 aromatic heterocycles. The summed E-state index contributed by atoms with van der Waals surface area (Å²) < 4.78 is 0. The van der Waals surface area contributed by atoms with Crippen LogP contribution < -0.4 is 0 Å². The van der Waals surface area contributed by atoms with Crippen LogP contribution in [0.5, 0.6) is 0 Å². The first-order valence-electron chi connectivity index (χ1n) is 7.18. The fraction of sp³-hybridized carbons (Fsp3) is 0.333. The summed E-state index contributed by atoms with van der Waals surface area (Å²) in [6, 6.07) is 17.2. The summed E-state index contributed by atoms with van der Waals surface area (Å²) in [5.41, 5.74) is 3.99. The summed E-state index contributed by atoms with van der Waals surface area (Å²) in [5.74, 6) is 0.252. The second-order valence-corrected chi connectivity index (χ2v) is 6.92. The molecule has 20 heavy (non-hydrogen) atoms. The largest absolute Gasteiger partial charge is 0.396 e. The fourth-order valence-corrected chi connectivity index (χ4v) is 4.27. The molecular formula is C18H20OS. The maximum absolute atomic E-state index is 9.72. The summed E-state index contributed by atoms with van der Waals surface area (Å²) >= 11 is 1.97. The summed E-state index contributed by atoms with van der Waals surface area (Å²) in [5, 5.41) is 10.3. The normalized spacial score (nSPS) is 18.8. The van der Waals surface area contributed by atoms with Gasteiger partial charge in [-0.15, -0.1) is 11.8 Å². The monoisotopic (exact) mass is 284 g/mol. The van der Waals surface area contributed by atoms with Gasteiger partial charge in [0, 0.05) is 22.7 Å². The van der Waals surface area contributed by atoms with Gasteiger partial charge in [0.1, 0.15) is 0 Å². The average molecular weight is 284 g/mol. The lowest BCUT2D eigenvalue weighted by Gasteiger charge is -2.18. The van der Waals surface area contributed by atoms with Crippen molar-refractivity contribution in [3.63, 3.8) is 0 Å². The van der Waals surface area contributed by atoms with Crippen LogP contribution in [0.4, 0.5) is 0 Å². The van der Waals surface area contributed by atoms with Gasteiger partial charge in [0.25, 0.3) is 0 Å². The molecule has 0 spiro atoms. The van der Waals surface area contributed by atoms with Crippen LogP contribution in [0.3, 0.4) is 0 Å². The third-order valence-electron chi connectivity index (χ3n) is 4.03. The molecule has 0 saturated heterocycles. The van der Waals surface area contributed by atoms with Gasteiger partial charge >= 0.3 is 0 Å². The Bertz CT molecular complexity index is 551. The highest BCUT2D eigenvalue weighted by molar-refractivity contribution is 8.00. The number of fused-ring (bicyclic) bond motifs is 1. The number of aliphatic hydroxyl groups excluding tert-OH is 1. The predicted octanol–water partition coefficient (Wildman–Crippen LogP) is 4.18. The molecule has 2 atom stereocenters. The molecule has 1 aliphatic rings. The van der Waals surface area contributed by atoms with Crippen LogP contribution in [0, 0.1) is 6.92 Å². The van der Waals surface area contributed by atoms with Crippen molar-refractivity contribution in [2.45, 2.75) is 35.8 Å². The van der Waals surface area contributed by atoms with Crippen molar-refractivity contribution in [1.29, 1.82) is 0 Å². The van der Waals surface area contributed by atoms with Gasteiger partial charge in [-0.25, -0.2) is 0 Å². The Morgan fingerprint density at radius 1 is 1.15 bits per heavy atom. The molecule has 0 amide bonds. The summed E-state index contributed by atoms with van der Waals surface area (Å²) in [7, 11) is 0. The minimum Gasteiger partial charge on any atom is -0.396 e. The zero-order chi connectivity index (χ0) is 13.9. The highest BCUT2D eigenvalue weighted by Crippen LogP contribution is 2.41. The molecular weight excluding hydrogens is 264 g/mol. The fourth-order valence-electron chi connectivity index (χ4n) is 2.86. The van der Waals surface area contributed by atoms with Crippen LogP contribution in [0.15, 0.2) is 53.4 Å². The van der Waals surface area contributed by atoms with E-state index in [4.69, 9.17) is 0 Å². The first-order chi connectivity index (χ1) is 9.76. The van der Waals surface area contributed by atoms with Crippen molar-refractivity contribution < 1.29 is 5.11 Å². The van der Waals surface area contributed by atoms with Crippen molar-refractivity contribution in [2.75, 3.05) is 6.61 Å². The molecule has 2 aromatic carbocycles. The molecule has 104 valence electrons. The minimum absolute atomic E-state index is 0.233.